The van der Waals surface area contributed by atoms with Crippen molar-refractivity contribution in [2.75, 3.05) is 6.61 Å². The number of carbonyl (C=O) groups excluding carboxylic acids is 2. The van der Waals surface area contributed by atoms with Crippen molar-refractivity contribution in [2.24, 2.45) is 0 Å². The van der Waals surface area contributed by atoms with E-state index in [-0.39, 0.29) is 11.8 Å². The highest BCUT2D eigenvalue weighted by Crippen LogP contribution is 2.25. The van der Waals surface area contributed by atoms with Crippen molar-refractivity contribution in [3.63, 3.8) is 0 Å². The number of Topliss-reactive ketones (excluding diaryl/α,β-unsaturated/α-hetero) is 1. The van der Waals surface area contributed by atoms with E-state index in [9.17, 15) is 9.59 Å². The van der Waals surface area contributed by atoms with Gasteiger partial charge in [0, 0.05) is 19.2 Å². The van der Waals surface area contributed by atoms with Crippen LogP contribution >= 0.6 is 0 Å². The van der Waals surface area contributed by atoms with E-state index in [0.717, 1.165) is 25.1 Å². The number of ether oxygens (including phenoxy) is 1. The standard InChI is InChI=1S/C12H15NO3/c1-3-16-12(15)9-7-11(8(2)14)13-6-4-5-10(9)13/h7H,3-6H2,1-2H3. The highest BCUT2D eigenvalue weighted by Gasteiger charge is 2.25. The molecule has 1 aliphatic rings. The molecular formula is C12H15NO3. The highest BCUT2D eigenvalue weighted by molar-refractivity contribution is 5.98. The lowest BCUT2D eigenvalue weighted by atomic mass is 10.1. The zero-order valence-electron chi connectivity index (χ0n) is 9.58. The molecule has 1 aliphatic heterocycles. The lowest BCUT2D eigenvalue weighted by Crippen LogP contribution is -2.06. The van der Waals surface area contributed by atoms with Crippen LogP contribution in [0, 0.1) is 0 Å². The van der Waals surface area contributed by atoms with Crippen LogP contribution in [0.1, 0.15) is 46.8 Å². The van der Waals surface area contributed by atoms with E-state index < -0.39 is 0 Å². The average Bonchev–Trinajstić information content (AvgIpc) is 2.76. The van der Waals surface area contributed by atoms with Crippen LogP contribution in [-0.4, -0.2) is 22.9 Å². The molecule has 0 N–H and O–H groups in total. The van der Waals surface area contributed by atoms with Gasteiger partial charge in [0.1, 0.15) is 0 Å². The number of hydrogen-bond donors (Lipinski definition) is 0. The minimum Gasteiger partial charge on any atom is -0.462 e. The molecule has 0 radical (unpaired) electrons. The van der Waals surface area contributed by atoms with Gasteiger partial charge in [0.25, 0.3) is 0 Å². The third kappa shape index (κ3) is 1.64. The van der Waals surface area contributed by atoms with Crippen LogP contribution in [0.25, 0.3) is 0 Å². The highest BCUT2D eigenvalue weighted by atomic mass is 16.5. The first-order chi connectivity index (χ1) is 7.65. The van der Waals surface area contributed by atoms with Gasteiger partial charge in [0.2, 0.25) is 0 Å². The Morgan fingerprint density at radius 1 is 1.50 bits per heavy atom. The minimum atomic E-state index is -0.319. The second-order valence-corrected chi connectivity index (χ2v) is 3.92. The largest absolute Gasteiger partial charge is 0.462 e. The fraction of sp³-hybridized carbons (Fsp3) is 0.500. The summed E-state index contributed by atoms with van der Waals surface area (Å²) >= 11 is 0. The van der Waals surface area contributed by atoms with E-state index >= 15 is 0 Å². The smallest absolute Gasteiger partial charge is 0.339 e. The molecule has 4 heteroatoms. The summed E-state index contributed by atoms with van der Waals surface area (Å²) in [6, 6.07) is 1.66. The summed E-state index contributed by atoms with van der Waals surface area (Å²) in [6.07, 6.45) is 1.84. The van der Waals surface area contributed by atoms with E-state index in [2.05, 4.69) is 0 Å². The van der Waals surface area contributed by atoms with Gasteiger partial charge in [-0.2, -0.15) is 0 Å². The van der Waals surface area contributed by atoms with Gasteiger partial charge in [0.15, 0.2) is 5.78 Å². The summed E-state index contributed by atoms with van der Waals surface area (Å²) in [5.74, 6) is -0.320. The van der Waals surface area contributed by atoms with Crippen LogP contribution < -0.4 is 0 Å². The van der Waals surface area contributed by atoms with E-state index in [1.807, 2.05) is 4.57 Å². The van der Waals surface area contributed by atoms with Crippen LogP contribution in [0.3, 0.4) is 0 Å². The van der Waals surface area contributed by atoms with Crippen LogP contribution in [0.2, 0.25) is 0 Å². The van der Waals surface area contributed by atoms with Crippen LogP contribution in [0.4, 0.5) is 0 Å². The van der Waals surface area contributed by atoms with E-state index in [0.29, 0.717) is 17.9 Å². The zero-order valence-corrected chi connectivity index (χ0v) is 9.58. The minimum absolute atomic E-state index is 0.00121. The number of aromatic nitrogens is 1. The van der Waals surface area contributed by atoms with Gasteiger partial charge in [-0.25, -0.2) is 4.79 Å². The molecule has 0 saturated heterocycles. The molecule has 0 amide bonds. The number of hydrogen-bond acceptors (Lipinski definition) is 3. The third-order valence-electron chi connectivity index (χ3n) is 2.86. The Kier molecular flexibility index (Phi) is 2.81. The Balaban J connectivity index is 2.43. The molecule has 0 saturated carbocycles. The quantitative estimate of drug-likeness (QED) is 0.577. The Morgan fingerprint density at radius 3 is 2.88 bits per heavy atom. The Bertz CT molecular complexity index is 445. The maximum Gasteiger partial charge on any atom is 0.339 e. The fourth-order valence-corrected chi connectivity index (χ4v) is 2.20. The Labute approximate surface area is 94.2 Å². The predicted molar refractivity (Wildman–Crippen MR) is 58.7 cm³/mol. The molecule has 16 heavy (non-hydrogen) atoms. The van der Waals surface area contributed by atoms with Crippen molar-refractivity contribution in [1.29, 1.82) is 0 Å². The molecular weight excluding hydrogens is 206 g/mol. The first kappa shape index (κ1) is 10.9. The van der Waals surface area contributed by atoms with Crippen molar-refractivity contribution >= 4 is 11.8 Å². The van der Waals surface area contributed by atoms with Gasteiger partial charge in [-0.15, -0.1) is 0 Å². The van der Waals surface area contributed by atoms with Gasteiger partial charge in [0.05, 0.1) is 17.9 Å². The third-order valence-corrected chi connectivity index (χ3v) is 2.86. The maximum absolute atomic E-state index is 11.7. The van der Waals surface area contributed by atoms with Gasteiger partial charge in [-0.1, -0.05) is 0 Å². The molecule has 0 unspecified atom stereocenters. The summed E-state index contributed by atoms with van der Waals surface area (Å²) in [4.78, 5) is 23.1. The normalized spacial score (nSPS) is 13.6. The predicted octanol–water partition coefficient (Wildman–Crippen LogP) is 1.81. The second kappa shape index (κ2) is 4.12. The SMILES string of the molecule is CCOC(=O)c1cc(C(C)=O)n2c1CCC2. The van der Waals surface area contributed by atoms with E-state index in [1.54, 1.807) is 13.0 Å². The monoisotopic (exact) mass is 221 g/mol. The lowest BCUT2D eigenvalue weighted by molar-refractivity contribution is 0.0525. The molecule has 0 bridgehead atoms. The molecule has 0 aromatic carbocycles. The summed E-state index contributed by atoms with van der Waals surface area (Å²) in [7, 11) is 0. The maximum atomic E-state index is 11.7. The molecule has 2 heterocycles. The average molecular weight is 221 g/mol. The van der Waals surface area contributed by atoms with Gasteiger partial charge >= 0.3 is 5.97 Å². The van der Waals surface area contributed by atoms with Gasteiger partial charge in [-0.3, -0.25) is 4.79 Å². The molecule has 86 valence electrons. The number of carbonyl (C=O) groups is 2. The molecule has 1 aromatic heterocycles. The van der Waals surface area contributed by atoms with Crippen molar-refractivity contribution in [1.82, 2.24) is 4.57 Å². The molecule has 0 aliphatic carbocycles. The zero-order chi connectivity index (χ0) is 11.7. The second-order valence-electron chi connectivity index (χ2n) is 3.92. The Hall–Kier alpha value is -1.58. The van der Waals surface area contributed by atoms with E-state index in [1.165, 1.54) is 6.92 Å². The fourth-order valence-electron chi connectivity index (χ4n) is 2.20. The molecule has 4 nitrogen and oxygen atoms in total. The number of ketones is 1. The van der Waals surface area contributed by atoms with Crippen molar-refractivity contribution < 1.29 is 14.3 Å². The van der Waals surface area contributed by atoms with Gasteiger partial charge in [-0.05, 0) is 25.8 Å². The number of fused-ring (bicyclic) bond motifs is 1. The molecule has 1 aromatic rings. The van der Waals surface area contributed by atoms with Crippen molar-refractivity contribution in [3.8, 4) is 0 Å². The summed E-state index contributed by atoms with van der Waals surface area (Å²) in [5, 5.41) is 0. The number of rotatable bonds is 3. The summed E-state index contributed by atoms with van der Waals surface area (Å²) in [5.41, 5.74) is 2.13. The molecule has 2 rings (SSSR count). The van der Waals surface area contributed by atoms with Gasteiger partial charge < -0.3 is 9.30 Å². The molecule has 0 atom stereocenters. The van der Waals surface area contributed by atoms with E-state index in [4.69, 9.17) is 4.74 Å². The topological polar surface area (TPSA) is 48.3 Å². The van der Waals surface area contributed by atoms with Crippen LogP contribution in [0.15, 0.2) is 6.07 Å². The van der Waals surface area contributed by atoms with Crippen LogP contribution in [-0.2, 0) is 17.7 Å². The first-order valence-corrected chi connectivity index (χ1v) is 5.55. The molecule has 0 fully saturated rings. The van der Waals surface area contributed by atoms with Crippen LogP contribution in [0.5, 0.6) is 0 Å². The summed E-state index contributed by atoms with van der Waals surface area (Å²) in [6.45, 7) is 4.48. The van der Waals surface area contributed by atoms with Crippen molar-refractivity contribution in [3.05, 3.63) is 23.0 Å². The number of nitrogens with zero attached hydrogens (tertiary/aromatic N) is 1. The first-order valence-electron chi connectivity index (χ1n) is 5.55. The lowest BCUT2D eigenvalue weighted by Gasteiger charge is -2.02. The van der Waals surface area contributed by atoms with Crippen molar-refractivity contribution in [2.45, 2.75) is 33.2 Å². The summed E-state index contributed by atoms with van der Waals surface area (Å²) < 4.78 is 6.92. The molecule has 0 spiro atoms. The Morgan fingerprint density at radius 2 is 2.25 bits per heavy atom. The number of esters is 1.